The highest BCUT2D eigenvalue weighted by Gasteiger charge is 2.49. The molecule has 0 bridgehead atoms. The van der Waals surface area contributed by atoms with Crippen LogP contribution < -0.4 is 10.6 Å². The third-order valence-electron chi connectivity index (χ3n) is 4.26. The van der Waals surface area contributed by atoms with Crippen molar-refractivity contribution in [2.45, 2.75) is 38.1 Å². The van der Waals surface area contributed by atoms with E-state index in [0.29, 0.717) is 11.0 Å². The van der Waals surface area contributed by atoms with Gasteiger partial charge in [0.15, 0.2) is 0 Å². The topological polar surface area (TPSA) is 44.3 Å². The maximum Gasteiger partial charge on any atom is 0.146 e. The Balaban J connectivity index is 1.55. The minimum Gasteiger partial charge on any atom is -0.377 e. The molecule has 0 radical (unpaired) electrons. The predicted molar refractivity (Wildman–Crippen MR) is 72.3 cm³/mol. The van der Waals surface area contributed by atoms with Crippen LogP contribution in [0, 0.1) is 11.2 Å². The van der Waals surface area contributed by atoms with Crippen LogP contribution in [0.5, 0.6) is 0 Å². The summed E-state index contributed by atoms with van der Waals surface area (Å²) in [6, 6.07) is 4.96. The molecule has 1 spiro atoms. The van der Waals surface area contributed by atoms with Crippen LogP contribution in [0.1, 0.15) is 24.8 Å². The van der Waals surface area contributed by atoms with Gasteiger partial charge in [-0.1, -0.05) is 23.7 Å². The monoisotopic (exact) mass is 284 g/mol. The molecule has 3 rings (SSSR count). The number of hydrogen-bond acceptors (Lipinski definition) is 3. The van der Waals surface area contributed by atoms with Crippen molar-refractivity contribution in [2.75, 3.05) is 6.54 Å². The largest absolute Gasteiger partial charge is 0.377 e. The number of halogens is 2. The quantitative estimate of drug-likeness (QED) is 0.742. The maximum absolute atomic E-state index is 13.7. The summed E-state index contributed by atoms with van der Waals surface area (Å²) < 4.78 is 13.7. The summed E-state index contributed by atoms with van der Waals surface area (Å²) in [4.78, 5) is 0. The van der Waals surface area contributed by atoms with E-state index in [1.807, 2.05) is 0 Å². The Bertz CT molecular complexity index is 479. The van der Waals surface area contributed by atoms with E-state index in [1.165, 1.54) is 18.9 Å². The van der Waals surface area contributed by atoms with E-state index in [0.717, 1.165) is 13.0 Å². The second kappa shape index (κ2) is 5.02. The number of benzene rings is 1. The second-order valence-corrected chi connectivity index (χ2v) is 6.14. The molecule has 1 aromatic rings. The minimum atomic E-state index is -0.654. The third-order valence-corrected chi connectivity index (χ3v) is 4.56. The molecular formula is C14H18ClFN2O. The summed E-state index contributed by atoms with van der Waals surface area (Å²) in [6.07, 6.45) is 2.86. The first-order chi connectivity index (χ1) is 9.10. The zero-order valence-corrected chi connectivity index (χ0v) is 11.4. The molecule has 104 valence electrons. The van der Waals surface area contributed by atoms with E-state index in [-0.39, 0.29) is 17.6 Å². The lowest BCUT2D eigenvalue weighted by Crippen LogP contribution is -2.44. The highest BCUT2D eigenvalue weighted by Crippen LogP contribution is 2.52. The molecule has 0 aromatic heterocycles. The molecule has 19 heavy (non-hydrogen) atoms. The van der Waals surface area contributed by atoms with Gasteiger partial charge < -0.3 is 10.4 Å². The maximum atomic E-state index is 13.7. The average Bonchev–Trinajstić information content (AvgIpc) is 3.01. The van der Waals surface area contributed by atoms with E-state index in [9.17, 15) is 9.50 Å². The Labute approximate surface area is 117 Å². The molecule has 1 unspecified atom stereocenters. The summed E-state index contributed by atoms with van der Waals surface area (Å²) in [5.74, 6) is -0.415. The zero-order valence-electron chi connectivity index (χ0n) is 10.6. The molecule has 1 heterocycles. The van der Waals surface area contributed by atoms with E-state index < -0.39 is 12.0 Å². The van der Waals surface area contributed by atoms with Crippen molar-refractivity contribution in [1.82, 2.24) is 10.6 Å². The SMILES string of the molecule is OC(NCc1cccc(Cl)c1F)[C@@H]1CC2(CC2)CN1. The fourth-order valence-corrected chi connectivity index (χ4v) is 2.98. The molecule has 2 atom stereocenters. The van der Waals surface area contributed by atoms with E-state index >= 15 is 0 Å². The van der Waals surface area contributed by atoms with Gasteiger partial charge in [-0.25, -0.2) is 4.39 Å². The molecule has 0 amide bonds. The normalized spacial score (nSPS) is 25.7. The van der Waals surface area contributed by atoms with Crippen LogP contribution in [0.25, 0.3) is 0 Å². The molecule has 1 aliphatic carbocycles. The van der Waals surface area contributed by atoms with Gasteiger partial charge in [0.05, 0.1) is 5.02 Å². The Hall–Kier alpha value is -0.680. The summed E-state index contributed by atoms with van der Waals surface area (Å²) in [7, 11) is 0. The molecule has 1 aromatic carbocycles. The number of aliphatic hydroxyl groups excluding tert-OH is 1. The zero-order chi connectivity index (χ0) is 13.5. The summed E-state index contributed by atoms with van der Waals surface area (Å²) in [5, 5.41) is 16.5. The lowest BCUT2D eigenvalue weighted by atomic mass is 10.0. The van der Waals surface area contributed by atoms with Crippen LogP contribution >= 0.6 is 11.6 Å². The molecule has 5 heteroatoms. The van der Waals surface area contributed by atoms with Gasteiger partial charge in [0.2, 0.25) is 0 Å². The lowest BCUT2D eigenvalue weighted by molar-refractivity contribution is 0.0972. The first-order valence-corrected chi connectivity index (χ1v) is 7.05. The number of rotatable bonds is 4. The van der Waals surface area contributed by atoms with Crippen LogP contribution in [0.4, 0.5) is 4.39 Å². The van der Waals surface area contributed by atoms with Crippen LogP contribution in [0.15, 0.2) is 18.2 Å². The van der Waals surface area contributed by atoms with Gasteiger partial charge in [-0.3, -0.25) is 5.32 Å². The molecule has 2 fully saturated rings. The Morgan fingerprint density at radius 3 is 3.00 bits per heavy atom. The number of nitrogens with one attached hydrogen (secondary N) is 2. The molecule has 3 nitrogen and oxygen atoms in total. The first kappa shape index (κ1) is 13.3. The molecular weight excluding hydrogens is 267 g/mol. The van der Waals surface area contributed by atoms with Gasteiger partial charge in [-0.2, -0.15) is 0 Å². The summed E-state index contributed by atoms with van der Waals surface area (Å²) in [5.41, 5.74) is 0.917. The first-order valence-electron chi connectivity index (χ1n) is 6.67. The summed E-state index contributed by atoms with van der Waals surface area (Å²) >= 11 is 5.72. The minimum absolute atomic E-state index is 0.0599. The number of hydrogen-bond donors (Lipinski definition) is 3. The van der Waals surface area contributed by atoms with Crippen molar-refractivity contribution < 1.29 is 9.50 Å². The highest BCUT2D eigenvalue weighted by molar-refractivity contribution is 6.30. The van der Waals surface area contributed by atoms with Crippen molar-refractivity contribution in [1.29, 1.82) is 0 Å². The summed E-state index contributed by atoms with van der Waals surface area (Å²) in [6.45, 7) is 1.26. The Morgan fingerprint density at radius 1 is 1.53 bits per heavy atom. The van der Waals surface area contributed by atoms with E-state index in [1.54, 1.807) is 12.1 Å². The number of aliphatic hydroxyl groups is 1. The molecule has 1 saturated heterocycles. The van der Waals surface area contributed by atoms with Gasteiger partial charge in [0.1, 0.15) is 12.0 Å². The van der Waals surface area contributed by atoms with Crippen molar-refractivity contribution in [2.24, 2.45) is 5.41 Å². The van der Waals surface area contributed by atoms with Crippen molar-refractivity contribution in [3.05, 3.63) is 34.6 Å². The van der Waals surface area contributed by atoms with Crippen molar-refractivity contribution >= 4 is 11.6 Å². The Kier molecular flexibility index (Phi) is 3.52. The standard InChI is InChI=1S/C14H18ClFN2O/c15-10-3-1-2-9(12(10)16)7-17-13(19)11-6-14(4-5-14)8-18-11/h1-3,11,13,17-19H,4-8H2/t11-,13?/m0/s1. The average molecular weight is 285 g/mol. The van der Waals surface area contributed by atoms with Crippen LogP contribution in [0.3, 0.4) is 0 Å². The molecule has 1 saturated carbocycles. The van der Waals surface area contributed by atoms with Gasteiger partial charge in [0, 0.05) is 24.7 Å². The van der Waals surface area contributed by atoms with Crippen molar-refractivity contribution in [3.8, 4) is 0 Å². The fraction of sp³-hybridized carbons (Fsp3) is 0.571. The smallest absolute Gasteiger partial charge is 0.146 e. The van der Waals surface area contributed by atoms with Gasteiger partial charge in [-0.15, -0.1) is 0 Å². The molecule has 2 aliphatic rings. The molecule has 3 N–H and O–H groups in total. The predicted octanol–water partition coefficient (Wildman–Crippen LogP) is 2.03. The third kappa shape index (κ3) is 2.77. The van der Waals surface area contributed by atoms with Gasteiger partial charge >= 0.3 is 0 Å². The molecule has 1 aliphatic heterocycles. The van der Waals surface area contributed by atoms with Gasteiger partial charge in [0.25, 0.3) is 0 Å². The van der Waals surface area contributed by atoms with Crippen molar-refractivity contribution in [3.63, 3.8) is 0 Å². The van der Waals surface area contributed by atoms with E-state index in [2.05, 4.69) is 10.6 Å². The lowest BCUT2D eigenvalue weighted by Gasteiger charge is -2.20. The van der Waals surface area contributed by atoms with Crippen LogP contribution in [-0.4, -0.2) is 23.9 Å². The van der Waals surface area contributed by atoms with Gasteiger partial charge in [-0.05, 0) is 30.7 Å². The second-order valence-electron chi connectivity index (χ2n) is 5.73. The van der Waals surface area contributed by atoms with Crippen LogP contribution in [0.2, 0.25) is 5.02 Å². The van der Waals surface area contributed by atoms with E-state index in [4.69, 9.17) is 11.6 Å². The highest BCUT2D eigenvalue weighted by atomic mass is 35.5. The van der Waals surface area contributed by atoms with Crippen LogP contribution in [-0.2, 0) is 6.54 Å². The fourth-order valence-electron chi connectivity index (χ4n) is 2.78. The Morgan fingerprint density at radius 2 is 2.32 bits per heavy atom.